The molecule has 0 unspecified atom stereocenters. The van der Waals surface area contributed by atoms with Crippen LogP contribution in [0.15, 0.2) is 199 Å². The molecule has 0 saturated heterocycles. The minimum absolute atomic E-state index is 0.910. The number of benzene rings is 10. The summed E-state index contributed by atoms with van der Waals surface area (Å²) >= 11 is 0. The van der Waals surface area contributed by atoms with Gasteiger partial charge in [0.05, 0.1) is 0 Å². The van der Waals surface area contributed by atoms with E-state index >= 15 is 0 Å². The van der Waals surface area contributed by atoms with Gasteiger partial charge in [0.15, 0.2) is 0 Å². The Morgan fingerprint density at radius 3 is 1.45 bits per heavy atom. The van der Waals surface area contributed by atoms with Gasteiger partial charge in [-0.05, 0) is 100 Å². The van der Waals surface area contributed by atoms with E-state index in [2.05, 4.69) is 188 Å². The Bertz CT molecular complexity index is 3150. The van der Waals surface area contributed by atoms with Gasteiger partial charge in [-0.2, -0.15) is 0 Å². The highest BCUT2D eigenvalue weighted by molar-refractivity contribution is 6.22. The van der Waals surface area contributed by atoms with Gasteiger partial charge in [0, 0.05) is 16.3 Å². The van der Waals surface area contributed by atoms with Gasteiger partial charge >= 0.3 is 0 Å². The molecule has 53 heavy (non-hydrogen) atoms. The average Bonchev–Trinajstić information content (AvgIpc) is 3.59. The van der Waals surface area contributed by atoms with Crippen molar-refractivity contribution >= 4 is 65.0 Å². The van der Waals surface area contributed by atoms with Crippen molar-refractivity contribution in [3.8, 4) is 44.5 Å². The summed E-state index contributed by atoms with van der Waals surface area (Å²) < 4.78 is 6.65. The minimum Gasteiger partial charge on any atom is -0.455 e. The van der Waals surface area contributed by atoms with Crippen molar-refractivity contribution in [2.45, 2.75) is 0 Å². The van der Waals surface area contributed by atoms with Gasteiger partial charge in [-0.15, -0.1) is 0 Å². The number of hydrogen-bond acceptors (Lipinski definition) is 1. The van der Waals surface area contributed by atoms with E-state index in [-0.39, 0.29) is 0 Å². The first-order valence-corrected chi connectivity index (χ1v) is 18.3. The van der Waals surface area contributed by atoms with Gasteiger partial charge in [0.25, 0.3) is 0 Å². The molecule has 246 valence electrons. The summed E-state index contributed by atoms with van der Waals surface area (Å²) in [5, 5.41) is 12.2. The zero-order valence-electron chi connectivity index (χ0n) is 28.9. The maximum absolute atomic E-state index is 6.65. The molecule has 1 heteroatoms. The standard InChI is InChI=1S/C52H32O/c1-3-18-39-33(13-1)15-12-25-40(39)34-27-29-35(30-28-34)49-43-21-5-7-23-45(43)50(46-24-8-6-22-44(46)49)37-16-11-17-38(31-37)51-41-19-4-2-14-36(41)32-47-42-20-9-10-26-48(42)53-52(47)51/h1-32H. The largest absolute Gasteiger partial charge is 0.455 e. The Balaban J connectivity index is 1.12. The monoisotopic (exact) mass is 672 g/mol. The van der Waals surface area contributed by atoms with Crippen molar-refractivity contribution in [1.29, 1.82) is 0 Å². The zero-order valence-corrected chi connectivity index (χ0v) is 28.9. The van der Waals surface area contributed by atoms with Crippen LogP contribution in [0.1, 0.15) is 0 Å². The molecule has 0 aliphatic heterocycles. The molecule has 0 amide bonds. The van der Waals surface area contributed by atoms with Crippen LogP contribution in [0.2, 0.25) is 0 Å². The van der Waals surface area contributed by atoms with Crippen molar-refractivity contribution < 1.29 is 4.42 Å². The molecule has 0 bridgehead atoms. The van der Waals surface area contributed by atoms with Gasteiger partial charge in [0.2, 0.25) is 0 Å². The predicted octanol–water partition coefficient (Wildman–Crippen LogP) is 14.9. The first-order chi connectivity index (χ1) is 26.3. The van der Waals surface area contributed by atoms with Crippen molar-refractivity contribution in [2.24, 2.45) is 0 Å². The topological polar surface area (TPSA) is 13.1 Å². The molecule has 0 saturated carbocycles. The van der Waals surface area contributed by atoms with E-state index in [1.54, 1.807) is 0 Å². The highest BCUT2D eigenvalue weighted by Crippen LogP contribution is 2.46. The van der Waals surface area contributed by atoms with Crippen molar-refractivity contribution in [3.05, 3.63) is 194 Å². The Morgan fingerprint density at radius 1 is 0.264 bits per heavy atom. The molecule has 11 rings (SSSR count). The lowest BCUT2D eigenvalue weighted by molar-refractivity contribution is 0.670. The summed E-state index contributed by atoms with van der Waals surface area (Å²) in [7, 11) is 0. The zero-order chi connectivity index (χ0) is 34.9. The fourth-order valence-corrected chi connectivity index (χ4v) is 8.68. The van der Waals surface area contributed by atoms with Crippen molar-refractivity contribution in [1.82, 2.24) is 0 Å². The molecule has 0 aliphatic carbocycles. The minimum atomic E-state index is 0.910. The molecule has 0 atom stereocenters. The van der Waals surface area contributed by atoms with Crippen molar-refractivity contribution in [2.75, 3.05) is 0 Å². The molecule has 1 nitrogen and oxygen atoms in total. The highest BCUT2D eigenvalue weighted by atomic mass is 16.3. The summed E-state index contributed by atoms with van der Waals surface area (Å²) in [6.45, 7) is 0. The summed E-state index contributed by atoms with van der Waals surface area (Å²) in [5.41, 5.74) is 11.5. The van der Waals surface area contributed by atoms with Crippen LogP contribution in [-0.2, 0) is 0 Å². The molecule has 0 aliphatic rings. The molecule has 0 radical (unpaired) electrons. The third-order valence-corrected chi connectivity index (χ3v) is 11.0. The van der Waals surface area contributed by atoms with E-state index in [9.17, 15) is 0 Å². The van der Waals surface area contributed by atoms with Crippen LogP contribution in [0.5, 0.6) is 0 Å². The lowest BCUT2D eigenvalue weighted by Crippen LogP contribution is -1.91. The molecule has 0 fully saturated rings. The Hall–Kier alpha value is -6.96. The van der Waals surface area contributed by atoms with E-state index in [0.717, 1.165) is 33.1 Å². The van der Waals surface area contributed by atoms with Gasteiger partial charge in [0.1, 0.15) is 11.2 Å². The molecule has 0 N–H and O–H groups in total. The quantitative estimate of drug-likeness (QED) is 0.170. The number of rotatable bonds is 4. The van der Waals surface area contributed by atoms with Crippen LogP contribution >= 0.6 is 0 Å². The third-order valence-electron chi connectivity index (χ3n) is 11.0. The lowest BCUT2D eigenvalue weighted by atomic mass is 9.85. The first-order valence-electron chi connectivity index (χ1n) is 18.3. The molecule has 0 spiro atoms. The van der Waals surface area contributed by atoms with E-state index in [1.165, 1.54) is 76.5 Å². The Kier molecular flexibility index (Phi) is 6.62. The number of para-hydroxylation sites is 1. The summed E-state index contributed by atoms with van der Waals surface area (Å²) in [4.78, 5) is 0. The second-order valence-corrected chi connectivity index (χ2v) is 14.0. The number of furan rings is 1. The summed E-state index contributed by atoms with van der Waals surface area (Å²) in [6, 6.07) is 70.5. The van der Waals surface area contributed by atoms with Crippen LogP contribution in [0, 0.1) is 0 Å². The average molecular weight is 673 g/mol. The van der Waals surface area contributed by atoms with E-state index in [4.69, 9.17) is 4.42 Å². The van der Waals surface area contributed by atoms with Crippen LogP contribution in [0.4, 0.5) is 0 Å². The Labute approximate surface area is 307 Å². The van der Waals surface area contributed by atoms with Crippen LogP contribution < -0.4 is 0 Å². The second kappa shape index (κ2) is 11.8. The van der Waals surface area contributed by atoms with Gasteiger partial charge in [-0.3, -0.25) is 0 Å². The maximum Gasteiger partial charge on any atom is 0.143 e. The highest BCUT2D eigenvalue weighted by Gasteiger charge is 2.20. The molecular weight excluding hydrogens is 641 g/mol. The first kappa shape index (κ1) is 29.7. The smallest absolute Gasteiger partial charge is 0.143 e. The normalized spacial score (nSPS) is 11.8. The van der Waals surface area contributed by atoms with E-state index in [1.807, 2.05) is 6.07 Å². The predicted molar refractivity (Wildman–Crippen MR) is 225 cm³/mol. The lowest BCUT2D eigenvalue weighted by Gasteiger charge is -2.18. The van der Waals surface area contributed by atoms with Gasteiger partial charge in [-0.25, -0.2) is 0 Å². The molecule has 11 aromatic rings. The van der Waals surface area contributed by atoms with Gasteiger partial charge in [-0.1, -0.05) is 176 Å². The maximum atomic E-state index is 6.65. The van der Waals surface area contributed by atoms with Gasteiger partial charge < -0.3 is 4.42 Å². The molecule has 10 aromatic carbocycles. The number of fused-ring (bicyclic) bond motifs is 7. The van der Waals surface area contributed by atoms with Crippen LogP contribution in [0.3, 0.4) is 0 Å². The third kappa shape index (κ3) is 4.64. The fourth-order valence-electron chi connectivity index (χ4n) is 8.68. The molecular formula is C52H32O. The number of hydrogen-bond donors (Lipinski definition) is 0. The second-order valence-electron chi connectivity index (χ2n) is 14.0. The summed E-state index contributed by atoms with van der Waals surface area (Å²) in [6.07, 6.45) is 0. The van der Waals surface area contributed by atoms with E-state index < -0.39 is 0 Å². The van der Waals surface area contributed by atoms with E-state index in [0.29, 0.717) is 0 Å². The summed E-state index contributed by atoms with van der Waals surface area (Å²) in [5.74, 6) is 0. The van der Waals surface area contributed by atoms with Crippen LogP contribution in [0.25, 0.3) is 110 Å². The SMILES string of the molecule is c1cc(-c2c3ccccc3c(-c3ccc(-c4cccc5ccccc45)cc3)c3ccccc23)cc(-c2c3ccccc3cc3c2oc2ccccc23)c1. The van der Waals surface area contributed by atoms with Crippen LogP contribution in [-0.4, -0.2) is 0 Å². The fraction of sp³-hybridized carbons (Fsp3) is 0. The molecule has 1 aromatic heterocycles. The Morgan fingerprint density at radius 2 is 0.755 bits per heavy atom. The molecule has 1 heterocycles. The van der Waals surface area contributed by atoms with Crippen molar-refractivity contribution in [3.63, 3.8) is 0 Å².